The number of carbonyl (C=O) groups excluding carboxylic acids is 1. The minimum Gasteiger partial charge on any atom is -0.378 e. The number of ether oxygens (including phenoxy) is 1. The number of hydrogen-bond acceptors (Lipinski definition) is 4. The standard InChI is InChI=1S/C26H32FN3O2/c1-2-18-6-8-19(9-7-18)15-29-16-22-21(23(22)17-29)14-28-26(31)20-4-3-5-24(27)25(20)30-10-12-32-13-11-30/h3-9,21-23H,2,10-17H2,1H3,(H,28,31). The van der Waals surface area contributed by atoms with Crippen LogP contribution in [0.1, 0.15) is 28.4 Å². The molecule has 1 aliphatic carbocycles. The molecule has 5 rings (SSSR count). The summed E-state index contributed by atoms with van der Waals surface area (Å²) in [7, 11) is 0. The first-order valence-corrected chi connectivity index (χ1v) is 11.8. The third-order valence-electron chi connectivity index (χ3n) is 7.34. The first-order valence-electron chi connectivity index (χ1n) is 11.8. The van der Waals surface area contributed by atoms with Gasteiger partial charge in [0.15, 0.2) is 0 Å². The van der Waals surface area contributed by atoms with Gasteiger partial charge >= 0.3 is 0 Å². The van der Waals surface area contributed by atoms with Crippen LogP contribution in [0.4, 0.5) is 10.1 Å². The number of nitrogens with zero attached hydrogens (tertiary/aromatic N) is 2. The molecule has 0 spiro atoms. The van der Waals surface area contributed by atoms with Gasteiger partial charge in [0, 0.05) is 39.3 Å². The zero-order valence-corrected chi connectivity index (χ0v) is 18.7. The Hall–Kier alpha value is -2.44. The molecule has 6 heteroatoms. The van der Waals surface area contributed by atoms with E-state index in [0.717, 1.165) is 26.1 Å². The van der Waals surface area contributed by atoms with Crippen molar-refractivity contribution in [2.24, 2.45) is 17.8 Å². The van der Waals surface area contributed by atoms with Crippen LogP contribution in [0.5, 0.6) is 0 Å². The van der Waals surface area contributed by atoms with Crippen LogP contribution in [0, 0.1) is 23.6 Å². The molecule has 1 saturated carbocycles. The molecule has 0 aromatic heterocycles. The highest BCUT2D eigenvalue weighted by Gasteiger charge is 2.55. The van der Waals surface area contributed by atoms with E-state index in [2.05, 4.69) is 41.4 Å². The van der Waals surface area contributed by atoms with Gasteiger partial charge in [0.2, 0.25) is 0 Å². The summed E-state index contributed by atoms with van der Waals surface area (Å²) in [5, 5.41) is 3.09. The van der Waals surface area contributed by atoms with Crippen molar-refractivity contribution in [2.45, 2.75) is 19.9 Å². The highest BCUT2D eigenvalue weighted by atomic mass is 19.1. The minimum absolute atomic E-state index is 0.177. The Morgan fingerprint density at radius 3 is 2.44 bits per heavy atom. The molecule has 3 fully saturated rings. The Kier molecular flexibility index (Phi) is 6.15. The Labute approximate surface area is 189 Å². The zero-order chi connectivity index (χ0) is 22.1. The van der Waals surface area contributed by atoms with Crippen LogP contribution < -0.4 is 10.2 Å². The van der Waals surface area contributed by atoms with Crippen molar-refractivity contribution in [1.29, 1.82) is 0 Å². The van der Waals surface area contributed by atoms with Gasteiger partial charge < -0.3 is 15.0 Å². The van der Waals surface area contributed by atoms with Crippen molar-refractivity contribution in [1.82, 2.24) is 10.2 Å². The van der Waals surface area contributed by atoms with Crippen molar-refractivity contribution in [3.8, 4) is 0 Å². The lowest BCUT2D eigenvalue weighted by atomic mass is 10.1. The Morgan fingerprint density at radius 1 is 1.06 bits per heavy atom. The van der Waals surface area contributed by atoms with E-state index in [1.165, 1.54) is 17.2 Å². The summed E-state index contributed by atoms with van der Waals surface area (Å²) in [5.41, 5.74) is 3.58. The first kappa shape index (κ1) is 21.4. The van der Waals surface area contributed by atoms with Crippen molar-refractivity contribution >= 4 is 11.6 Å². The molecule has 1 amide bonds. The quantitative estimate of drug-likeness (QED) is 0.722. The number of amides is 1. The van der Waals surface area contributed by atoms with E-state index in [0.29, 0.717) is 61.9 Å². The molecule has 1 N–H and O–H groups in total. The summed E-state index contributed by atoms with van der Waals surface area (Å²) < 4.78 is 20.0. The molecule has 0 radical (unpaired) electrons. The van der Waals surface area contributed by atoms with E-state index in [-0.39, 0.29) is 11.7 Å². The van der Waals surface area contributed by atoms with Crippen LogP contribution in [-0.2, 0) is 17.7 Å². The lowest BCUT2D eigenvalue weighted by molar-refractivity contribution is 0.0947. The van der Waals surface area contributed by atoms with Gasteiger partial charge in [-0.3, -0.25) is 9.69 Å². The molecule has 32 heavy (non-hydrogen) atoms. The number of piperidine rings is 1. The number of aryl methyl sites for hydroxylation is 1. The number of nitrogens with one attached hydrogen (secondary N) is 1. The maximum atomic E-state index is 14.6. The van der Waals surface area contributed by atoms with Gasteiger partial charge in [-0.2, -0.15) is 0 Å². The van der Waals surface area contributed by atoms with Gasteiger partial charge in [0.1, 0.15) is 5.82 Å². The smallest absolute Gasteiger partial charge is 0.253 e. The average Bonchev–Trinajstić information content (AvgIpc) is 3.28. The SMILES string of the molecule is CCc1ccc(CN2CC3C(CNC(=O)c4cccc(F)c4N4CCOCC4)C3C2)cc1. The maximum absolute atomic E-state index is 14.6. The summed E-state index contributed by atoms with van der Waals surface area (Å²) in [5.74, 6) is 1.35. The topological polar surface area (TPSA) is 44.8 Å². The van der Waals surface area contributed by atoms with Crippen molar-refractivity contribution in [2.75, 3.05) is 50.8 Å². The molecule has 3 aliphatic rings. The van der Waals surface area contributed by atoms with Crippen LogP contribution in [0.15, 0.2) is 42.5 Å². The summed E-state index contributed by atoms with van der Waals surface area (Å²) in [4.78, 5) is 17.4. The van der Waals surface area contributed by atoms with Crippen molar-refractivity contribution in [3.05, 3.63) is 65.0 Å². The number of anilines is 1. The molecular weight excluding hydrogens is 405 g/mol. The fourth-order valence-corrected chi connectivity index (χ4v) is 5.42. The highest BCUT2D eigenvalue weighted by Crippen LogP contribution is 2.51. The maximum Gasteiger partial charge on any atom is 0.253 e. The average molecular weight is 438 g/mol. The molecule has 5 nitrogen and oxygen atoms in total. The predicted octanol–water partition coefficient (Wildman–Crippen LogP) is 3.33. The Bertz CT molecular complexity index is 946. The predicted molar refractivity (Wildman–Crippen MR) is 123 cm³/mol. The third-order valence-corrected chi connectivity index (χ3v) is 7.34. The number of benzene rings is 2. The van der Waals surface area contributed by atoms with Gasteiger partial charge in [-0.15, -0.1) is 0 Å². The van der Waals surface area contributed by atoms with E-state index >= 15 is 0 Å². The zero-order valence-electron chi connectivity index (χ0n) is 18.7. The molecule has 2 heterocycles. The molecule has 2 saturated heterocycles. The molecule has 170 valence electrons. The van der Waals surface area contributed by atoms with E-state index < -0.39 is 0 Å². The van der Waals surface area contributed by atoms with Gasteiger partial charge in [0.05, 0.1) is 24.5 Å². The Morgan fingerprint density at radius 2 is 1.75 bits per heavy atom. The lowest BCUT2D eigenvalue weighted by Crippen LogP contribution is -2.39. The van der Waals surface area contributed by atoms with Crippen LogP contribution in [0.2, 0.25) is 0 Å². The van der Waals surface area contributed by atoms with Crippen LogP contribution in [0.3, 0.4) is 0 Å². The summed E-state index contributed by atoms with van der Waals surface area (Å²) in [6.45, 7) is 8.36. The highest BCUT2D eigenvalue weighted by molar-refractivity contribution is 6.00. The summed E-state index contributed by atoms with van der Waals surface area (Å²) in [6, 6.07) is 13.7. The number of halogens is 1. The van der Waals surface area contributed by atoms with E-state index in [1.54, 1.807) is 12.1 Å². The first-order chi connectivity index (χ1) is 15.6. The van der Waals surface area contributed by atoms with Crippen LogP contribution in [0.25, 0.3) is 0 Å². The number of hydrogen-bond donors (Lipinski definition) is 1. The molecule has 2 aromatic rings. The van der Waals surface area contributed by atoms with Gasteiger partial charge in [-0.05, 0) is 47.4 Å². The van der Waals surface area contributed by atoms with Crippen LogP contribution in [-0.4, -0.2) is 56.7 Å². The van der Waals surface area contributed by atoms with Gasteiger partial charge in [-0.25, -0.2) is 4.39 Å². The van der Waals surface area contributed by atoms with E-state index in [9.17, 15) is 9.18 Å². The van der Waals surface area contributed by atoms with Crippen molar-refractivity contribution < 1.29 is 13.9 Å². The van der Waals surface area contributed by atoms with Crippen molar-refractivity contribution in [3.63, 3.8) is 0 Å². The minimum atomic E-state index is -0.342. The lowest BCUT2D eigenvalue weighted by Gasteiger charge is -2.30. The molecular formula is C26H32FN3O2. The number of carbonyl (C=O) groups is 1. The summed E-state index contributed by atoms with van der Waals surface area (Å²) >= 11 is 0. The fourth-order valence-electron chi connectivity index (χ4n) is 5.42. The van der Waals surface area contributed by atoms with Gasteiger partial charge in [0.25, 0.3) is 5.91 Å². The second-order valence-electron chi connectivity index (χ2n) is 9.30. The second kappa shape index (κ2) is 9.20. The molecule has 2 aliphatic heterocycles. The fraction of sp³-hybridized carbons (Fsp3) is 0.500. The third kappa shape index (κ3) is 4.39. The summed E-state index contributed by atoms with van der Waals surface area (Å²) in [6.07, 6.45) is 1.07. The largest absolute Gasteiger partial charge is 0.378 e. The number of para-hydroxylation sites is 1. The number of fused-ring (bicyclic) bond motifs is 1. The number of morpholine rings is 1. The van der Waals surface area contributed by atoms with Crippen LogP contribution >= 0.6 is 0 Å². The second-order valence-corrected chi connectivity index (χ2v) is 9.30. The van der Waals surface area contributed by atoms with E-state index in [4.69, 9.17) is 4.74 Å². The molecule has 2 atom stereocenters. The van der Waals surface area contributed by atoms with E-state index in [1.807, 2.05) is 4.90 Å². The number of likely N-dealkylation sites (tertiary alicyclic amines) is 1. The Balaban J connectivity index is 1.13. The normalized spacial score (nSPS) is 24.9. The molecule has 2 unspecified atom stereocenters. The van der Waals surface area contributed by atoms with Gasteiger partial charge in [-0.1, -0.05) is 37.3 Å². The molecule has 2 aromatic carbocycles. The molecule has 0 bridgehead atoms. The number of rotatable bonds is 7. The monoisotopic (exact) mass is 437 g/mol.